The van der Waals surface area contributed by atoms with E-state index in [0.717, 1.165) is 22.2 Å². The molecule has 0 radical (unpaired) electrons. The second-order valence-corrected chi connectivity index (χ2v) is 13.3. The van der Waals surface area contributed by atoms with Gasteiger partial charge in [0.2, 0.25) is 21.9 Å². The first-order valence-corrected chi connectivity index (χ1v) is 15.1. The maximum Gasteiger partial charge on any atom is 0.248 e. The number of nitrogens with zero attached hydrogens (tertiary/aromatic N) is 3. The number of thiazole rings is 1. The smallest absolute Gasteiger partial charge is 0.248 e. The highest BCUT2D eigenvalue weighted by Gasteiger charge is 2.60. The molecule has 38 heavy (non-hydrogen) atoms. The van der Waals surface area contributed by atoms with Crippen LogP contribution in [0.25, 0.3) is 10.2 Å². The Hall–Kier alpha value is -2.63. The lowest BCUT2D eigenvalue weighted by Gasteiger charge is -2.39. The highest BCUT2D eigenvalue weighted by atomic mass is 32.2. The van der Waals surface area contributed by atoms with Gasteiger partial charge in [-0.15, -0.1) is 11.3 Å². The van der Waals surface area contributed by atoms with Gasteiger partial charge in [-0.1, -0.05) is 6.07 Å². The number of hydrogen-bond donors (Lipinski definition) is 0. The summed E-state index contributed by atoms with van der Waals surface area (Å²) in [7, 11) is -2.43. The Balaban J connectivity index is 1.31. The molecule has 1 aromatic heterocycles. The van der Waals surface area contributed by atoms with Crippen molar-refractivity contribution in [3.05, 3.63) is 53.5 Å². The van der Waals surface area contributed by atoms with Crippen LogP contribution in [0, 0.1) is 11.8 Å². The number of fused-ring (bicyclic) bond motifs is 2. The molecule has 6 rings (SSSR count). The van der Waals surface area contributed by atoms with Crippen LogP contribution in [0.1, 0.15) is 37.7 Å². The van der Waals surface area contributed by atoms with Crippen LogP contribution in [0.3, 0.4) is 0 Å². The van der Waals surface area contributed by atoms with Gasteiger partial charge in [-0.25, -0.2) is 22.2 Å². The van der Waals surface area contributed by atoms with Crippen molar-refractivity contribution in [3.8, 4) is 5.75 Å². The van der Waals surface area contributed by atoms with E-state index < -0.39 is 22.0 Å². The maximum absolute atomic E-state index is 14.2. The van der Waals surface area contributed by atoms with Crippen LogP contribution in [0.4, 0.5) is 8.78 Å². The third-order valence-electron chi connectivity index (χ3n) is 8.18. The normalized spacial score (nSPS) is 25.3. The number of carbonyl (C=O) groups is 1. The van der Waals surface area contributed by atoms with Crippen molar-refractivity contribution < 1.29 is 26.7 Å². The third kappa shape index (κ3) is 4.69. The molecule has 11 heteroatoms. The molecule has 0 bridgehead atoms. The fraction of sp³-hybridized carbons (Fsp3) is 0.481. The number of piperidine rings is 1. The largest absolute Gasteiger partial charge is 0.497 e. The average Bonchev–Trinajstić information content (AvgIpc) is 3.32. The van der Waals surface area contributed by atoms with E-state index in [1.807, 2.05) is 18.2 Å². The molecule has 2 aliphatic carbocycles. The van der Waals surface area contributed by atoms with Crippen molar-refractivity contribution >= 4 is 37.5 Å². The Morgan fingerprint density at radius 2 is 1.92 bits per heavy atom. The topological polar surface area (TPSA) is 79.8 Å². The molecule has 0 unspecified atom stereocenters. The standard InChI is InChI=1S/C27H29F2N3O4S2/c1-36-20-3-5-21(6-4-20)38(34,35)32-15-18-13-22(18)25(32)26(33)31(19-8-10-27(28,29)11-9-19)14-17-2-7-24-23(12-17)30-16-37-24/h2-7,12,16,18-19,22,25H,8-11,13-15H2,1H3/t18-,22-,25-/m0/s1. The van der Waals surface area contributed by atoms with Crippen LogP contribution < -0.4 is 4.74 Å². The number of ether oxygens (including phenoxy) is 1. The van der Waals surface area contributed by atoms with Gasteiger partial charge in [0.1, 0.15) is 11.8 Å². The molecule has 0 spiro atoms. The van der Waals surface area contributed by atoms with Gasteiger partial charge in [0.25, 0.3) is 0 Å². The predicted molar refractivity (Wildman–Crippen MR) is 140 cm³/mol. The van der Waals surface area contributed by atoms with Crippen LogP contribution in [-0.4, -0.2) is 60.2 Å². The monoisotopic (exact) mass is 561 g/mol. The Morgan fingerprint density at radius 1 is 1.18 bits per heavy atom. The van der Waals surface area contributed by atoms with E-state index in [-0.39, 0.29) is 67.5 Å². The second-order valence-electron chi connectivity index (χ2n) is 10.6. The van der Waals surface area contributed by atoms with Gasteiger partial charge in [-0.2, -0.15) is 4.31 Å². The van der Waals surface area contributed by atoms with Gasteiger partial charge in [0.05, 0.1) is 27.7 Å². The quantitative estimate of drug-likeness (QED) is 0.409. The van der Waals surface area contributed by atoms with Crippen molar-refractivity contribution in [2.24, 2.45) is 11.8 Å². The first-order chi connectivity index (χ1) is 18.2. The summed E-state index contributed by atoms with van der Waals surface area (Å²) in [5.74, 6) is -2.40. The zero-order valence-corrected chi connectivity index (χ0v) is 22.6. The van der Waals surface area contributed by atoms with E-state index >= 15 is 0 Å². The minimum atomic E-state index is -3.94. The molecule has 202 valence electrons. The molecule has 3 aliphatic rings. The summed E-state index contributed by atoms with van der Waals surface area (Å²) in [6.07, 6.45) is 0.605. The van der Waals surface area contributed by atoms with E-state index in [1.165, 1.54) is 34.9 Å². The maximum atomic E-state index is 14.2. The Bertz CT molecular complexity index is 1450. The summed E-state index contributed by atoms with van der Waals surface area (Å²) in [4.78, 5) is 20.4. The van der Waals surface area contributed by atoms with Crippen molar-refractivity contribution in [3.63, 3.8) is 0 Å². The minimum Gasteiger partial charge on any atom is -0.497 e. The Morgan fingerprint density at radius 3 is 2.63 bits per heavy atom. The van der Waals surface area contributed by atoms with E-state index in [1.54, 1.807) is 22.5 Å². The highest BCUT2D eigenvalue weighted by Crippen LogP contribution is 2.52. The summed E-state index contributed by atoms with van der Waals surface area (Å²) in [5.41, 5.74) is 3.43. The van der Waals surface area contributed by atoms with Crippen molar-refractivity contribution in [2.45, 2.75) is 61.6 Å². The molecule has 3 aromatic rings. The van der Waals surface area contributed by atoms with Crippen LogP contribution in [0.2, 0.25) is 0 Å². The number of carbonyl (C=O) groups excluding carboxylic acids is 1. The third-order valence-corrected chi connectivity index (χ3v) is 10.9. The van der Waals surface area contributed by atoms with Gasteiger partial charge in [-0.3, -0.25) is 4.79 Å². The van der Waals surface area contributed by atoms with Gasteiger partial charge in [-0.05, 0) is 73.1 Å². The molecule has 1 amide bonds. The summed E-state index contributed by atoms with van der Waals surface area (Å²) < 4.78 is 62.9. The number of amides is 1. The molecule has 7 nitrogen and oxygen atoms in total. The average molecular weight is 562 g/mol. The van der Waals surface area contributed by atoms with Gasteiger partial charge < -0.3 is 9.64 Å². The van der Waals surface area contributed by atoms with Crippen LogP contribution in [-0.2, 0) is 21.4 Å². The molecular formula is C27H29F2N3O4S2. The van der Waals surface area contributed by atoms with Gasteiger partial charge in [0, 0.05) is 32.0 Å². The summed E-state index contributed by atoms with van der Waals surface area (Å²) in [6, 6.07) is 10.7. The summed E-state index contributed by atoms with van der Waals surface area (Å²) >= 11 is 1.52. The molecule has 3 atom stereocenters. The van der Waals surface area contributed by atoms with Gasteiger partial charge in [0.15, 0.2) is 0 Å². The Labute approximate surface area is 224 Å². The lowest BCUT2D eigenvalue weighted by atomic mass is 9.90. The van der Waals surface area contributed by atoms with Crippen molar-refractivity contribution in [1.29, 1.82) is 0 Å². The first-order valence-electron chi connectivity index (χ1n) is 12.8. The zero-order valence-electron chi connectivity index (χ0n) is 20.9. The van der Waals surface area contributed by atoms with Crippen LogP contribution >= 0.6 is 11.3 Å². The molecule has 2 aromatic carbocycles. The fourth-order valence-electron chi connectivity index (χ4n) is 5.95. The van der Waals surface area contributed by atoms with E-state index in [4.69, 9.17) is 4.74 Å². The number of alkyl halides is 2. The molecular weight excluding hydrogens is 532 g/mol. The second kappa shape index (κ2) is 9.53. The highest BCUT2D eigenvalue weighted by molar-refractivity contribution is 7.89. The molecule has 0 N–H and O–H groups in total. The number of rotatable bonds is 7. The number of methoxy groups -OCH3 is 1. The van der Waals surface area contributed by atoms with E-state index in [2.05, 4.69) is 4.98 Å². The van der Waals surface area contributed by atoms with Crippen molar-refractivity contribution in [2.75, 3.05) is 13.7 Å². The molecule has 1 saturated heterocycles. The molecule has 3 fully saturated rings. The summed E-state index contributed by atoms with van der Waals surface area (Å²) in [6.45, 7) is 0.518. The Kier molecular flexibility index (Phi) is 6.43. The number of hydrogen-bond acceptors (Lipinski definition) is 6. The number of aromatic nitrogens is 1. The molecule has 2 heterocycles. The van der Waals surface area contributed by atoms with Crippen LogP contribution in [0.5, 0.6) is 5.75 Å². The van der Waals surface area contributed by atoms with E-state index in [9.17, 15) is 22.0 Å². The molecule has 1 aliphatic heterocycles. The van der Waals surface area contributed by atoms with Crippen molar-refractivity contribution in [1.82, 2.24) is 14.2 Å². The lowest BCUT2D eigenvalue weighted by molar-refractivity contribution is -0.141. The molecule has 2 saturated carbocycles. The number of halogens is 2. The predicted octanol–water partition coefficient (Wildman–Crippen LogP) is 4.92. The SMILES string of the molecule is COc1ccc(S(=O)(=O)N2C[C@@H]3C[C@@H]3[C@H]2C(=O)N(Cc2ccc3scnc3c2)C2CCC(F)(F)CC2)cc1. The minimum absolute atomic E-state index is 0.0518. The van der Waals surface area contributed by atoms with E-state index in [0.29, 0.717) is 5.75 Å². The van der Waals surface area contributed by atoms with Crippen LogP contribution in [0.15, 0.2) is 52.9 Å². The lowest BCUT2D eigenvalue weighted by Crippen LogP contribution is -2.53. The number of benzene rings is 2. The summed E-state index contributed by atoms with van der Waals surface area (Å²) in [5, 5.41) is 0. The van der Waals surface area contributed by atoms with Gasteiger partial charge >= 0.3 is 0 Å². The zero-order chi connectivity index (χ0) is 26.7. The number of sulfonamides is 1. The fourth-order valence-corrected chi connectivity index (χ4v) is 8.30. The first kappa shape index (κ1) is 25.6.